The first-order chi connectivity index (χ1) is 4.88. The standard InChI is InChI=1S/C8H14IN/c9-7-3-1-5-10-6-2-4-8(7)10/h7-8H,1-6H2. The summed E-state index contributed by atoms with van der Waals surface area (Å²) in [6.07, 6.45) is 5.81. The van der Waals surface area contributed by atoms with Crippen molar-refractivity contribution in [2.75, 3.05) is 13.1 Å². The van der Waals surface area contributed by atoms with Crippen LogP contribution in [-0.4, -0.2) is 28.0 Å². The third-order valence-corrected chi connectivity index (χ3v) is 4.21. The maximum atomic E-state index is 2.68. The Morgan fingerprint density at radius 2 is 1.80 bits per heavy atom. The predicted octanol–water partition coefficient (Wildman–Crippen LogP) is 2.05. The molecule has 0 saturated carbocycles. The highest BCUT2D eigenvalue weighted by molar-refractivity contribution is 14.1. The molecule has 2 aliphatic rings. The van der Waals surface area contributed by atoms with Crippen LogP contribution in [0.25, 0.3) is 0 Å². The van der Waals surface area contributed by atoms with Gasteiger partial charge in [0.2, 0.25) is 0 Å². The summed E-state index contributed by atoms with van der Waals surface area (Å²) in [4.78, 5) is 2.68. The molecule has 0 aromatic rings. The summed E-state index contributed by atoms with van der Waals surface area (Å²) in [5, 5.41) is 0. The highest BCUT2D eigenvalue weighted by Gasteiger charge is 2.32. The first-order valence-electron chi connectivity index (χ1n) is 4.26. The van der Waals surface area contributed by atoms with E-state index in [-0.39, 0.29) is 0 Å². The Kier molecular flexibility index (Phi) is 2.18. The largest absolute Gasteiger partial charge is 0.299 e. The molecule has 0 aliphatic carbocycles. The summed E-state index contributed by atoms with van der Waals surface area (Å²) in [5.74, 6) is 0. The van der Waals surface area contributed by atoms with E-state index in [9.17, 15) is 0 Å². The van der Waals surface area contributed by atoms with Gasteiger partial charge in [-0.3, -0.25) is 4.90 Å². The fourth-order valence-electron chi connectivity index (χ4n) is 2.22. The van der Waals surface area contributed by atoms with Crippen LogP contribution in [-0.2, 0) is 0 Å². The van der Waals surface area contributed by atoms with Crippen LogP contribution in [0.5, 0.6) is 0 Å². The van der Waals surface area contributed by atoms with E-state index in [1.807, 2.05) is 0 Å². The van der Waals surface area contributed by atoms with Crippen LogP contribution in [0, 0.1) is 0 Å². The molecule has 2 atom stereocenters. The third-order valence-electron chi connectivity index (χ3n) is 2.76. The summed E-state index contributed by atoms with van der Waals surface area (Å²) in [6.45, 7) is 2.76. The van der Waals surface area contributed by atoms with E-state index >= 15 is 0 Å². The molecule has 0 spiro atoms. The van der Waals surface area contributed by atoms with E-state index in [0.29, 0.717) is 0 Å². The van der Waals surface area contributed by atoms with E-state index in [2.05, 4.69) is 27.5 Å². The van der Waals surface area contributed by atoms with E-state index in [0.717, 1.165) is 9.97 Å². The van der Waals surface area contributed by atoms with Gasteiger partial charge in [0.15, 0.2) is 0 Å². The van der Waals surface area contributed by atoms with Gasteiger partial charge in [-0.05, 0) is 38.8 Å². The van der Waals surface area contributed by atoms with E-state index in [1.165, 1.54) is 38.8 Å². The maximum absolute atomic E-state index is 2.68. The fraction of sp³-hybridized carbons (Fsp3) is 1.00. The van der Waals surface area contributed by atoms with Crippen molar-refractivity contribution < 1.29 is 0 Å². The van der Waals surface area contributed by atoms with E-state index < -0.39 is 0 Å². The fourth-order valence-corrected chi connectivity index (χ4v) is 3.48. The molecule has 10 heavy (non-hydrogen) atoms. The number of piperidine rings is 1. The lowest BCUT2D eigenvalue weighted by atomic mass is 10.0. The van der Waals surface area contributed by atoms with Gasteiger partial charge < -0.3 is 0 Å². The number of rotatable bonds is 0. The first-order valence-corrected chi connectivity index (χ1v) is 5.50. The monoisotopic (exact) mass is 251 g/mol. The van der Waals surface area contributed by atoms with Gasteiger partial charge in [0.25, 0.3) is 0 Å². The molecule has 1 nitrogen and oxygen atoms in total. The van der Waals surface area contributed by atoms with Gasteiger partial charge in [-0.1, -0.05) is 22.6 Å². The van der Waals surface area contributed by atoms with E-state index in [1.54, 1.807) is 0 Å². The summed E-state index contributed by atoms with van der Waals surface area (Å²) in [5.41, 5.74) is 0. The summed E-state index contributed by atoms with van der Waals surface area (Å²) in [6, 6.07) is 0.953. The maximum Gasteiger partial charge on any atom is 0.0266 e. The molecule has 2 aliphatic heterocycles. The Labute approximate surface area is 76.3 Å². The van der Waals surface area contributed by atoms with Gasteiger partial charge in [-0.2, -0.15) is 0 Å². The van der Waals surface area contributed by atoms with Gasteiger partial charge in [0, 0.05) is 9.97 Å². The number of fused-ring (bicyclic) bond motifs is 1. The third kappa shape index (κ3) is 1.20. The highest BCUT2D eigenvalue weighted by Crippen LogP contribution is 2.31. The van der Waals surface area contributed by atoms with Crippen molar-refractivity contribution in [2.24, 2.45) is 0 Å². The molecule has 0 bridgehead atoms. The number of nitrogens with zero attached hydrogens (tertiary/aromatic N) is 1. The van der Waals surface area contributed by atoms with Crippen molar-refractivity contribution in [1.82, 2.24) is 4.90 Å². The molecular weight excluding hydrogens is 237 g/mol. The Bertz CT molecular complexity index is 126. The molecule has 0 radical (unpaired) electrons. The average Bonchev–Trinajstić information content (AvgIpc) is 2.36. The van der Waals surface area contributed by atoms with Crippen molar-refractivity contribution in [3.8, 4) is 0 Å². The molecule has 2 saturated heterocycles. The molecule has 0 amide bonds. The van der Waals surface area contributed by atoms with Crippen LogP contribution in [0.4, 0.5) is 0 Å². The molecule has 2 heteroatoms. The summed E-state index contributed by atoms with van der Waals surface area (Å²) >= 11 is 2.63. The SMILES string of the molecule is IC1CCCN2CCCC12. The predicted molar refractivity (Wildman–Crippen MR) is 51.6 cm³/mol. The molecule has 0 N–H and O–H groups in total. The van der Waals surface area contributed by atoms with Crippen molar-refractivity contribution in [2.45, 2.75) is 35.6 Å². The molecular formula is C8H14IN. The number of alkyl halides is 1. The highest BCUT2D eigenvalue weighted by atomic mass is 127. The zero-order valence-electron chi connectivity index (χ0n) is 6.22. The molecule has 2 heterocycles. The van der Waals surface area contributed by atoms with Gasteiger partial charge in [-0.15, -0.1) is 0 Å². The minimum atomic E-state index is 0.953. The molecule has 58 valence electrons. The van der Waals surface area contributed by atoms with Crippen LogP contribution in [0.15, 0.2) is 0 Å². The second-order valence-electron chi connectivity index (χ2n) is 3.40. The van der Waals surface area contributed by atoms with E-state index in [4.69, 9.17) is 0 Å². The first kappa shape index (κ1) is 7.35. The smallest absolute Gasteiger partial charge is 0.0266 e. The Morgan fingerprint density at radius 3 is 2.50 bits per heavy atom. The Hall–Kier alpha value is 0.690. The van der Waals surface area contributed by atoms with Crippen molar-refractivity contribution in [3.63, 3.8) is 0 Å². The lowest BCUT2D eigenvalue weighted by Crippen LogP contribution is -2.40. The van der Waals surface area contributed by atoms with Crippen molar-refractivity contribution in [1.29, 1.82) is 0 Å². The number of hydrogen-bond acceptors (Lipinski definition) is 1. The van der Waals surface area contributed by atoms with Gasteiger partial charge in [-0.25, -0.2) is 0 Å². The van der Waals surface area contributed by atoms with Crippen molar-refractivity contribution >= 4 is 22.6 Å². The zero-order valence-corrected chi connectivity index (χ0v) is 8.38. The van der Waals surface area contributed by atoms with Crippen LogP contribution in [0.3, 0.4) is 0 Å². The van der Waals surface area contributed by atoms with Crippen LogP contribution in [0.2, 0.25) is 0 Å². The average molecular weight is 251 g/mol. The number of hydrogen-bond donors (Lipinski definition) is 0. The summed E-state index contributed by atoms with van der Waals surface area (Å²) < 4.78 is 0.953. The Morgan fingerprint density at radius 1 is 1.10 bits per heavy atom. The van der Waals surface area contributed by atoms with Gasteiger partial charge >= 0.3 is 0 Å². The molecule has 0 aromatic carbocycles. The minimum absolute atomic E-state index is 0.953. The van der Waals surface area contributed by atoms with Crippen LogP contribution >= 0.6 is 22.6 Å². The second-order valence-corrected chi connectivity index (χ2v) is 5.00. The summed E-state index contributed by atoms with van der Waals surface area (Å²) in [7, 11) is 0. The Balaban J connectivity index is 2.03. The van der Waals surface area contributed by atoms with Crippen molar-refractivity contribution in [3.05, 3.63) is 0 Å². The van der Waals surface area contributed by atoms with Gasteiger partial charge in [0.05, 0.1) is 0 Å². The zero-order chi connectivity index (χ0) is 6.97. The van der Waals surface area contributed by atoms with Gasteiger partial charge in [0.1, 0.15) is 0 Å². The minimum Gasteiger partial charge on any atom is -0.299 e. The van der Waals surface area contributed by atoms with Crippen LogP contribution < -0.4 is 0 Å². The molecule has 2 fully saturated rings. The lowest BCUT2D eigenvalue weighted by Gasteiger charge is -2.33. The lowest BCUT2D eigenvalue weighted by molar-refractivity contribution is 0.210. The molecule has 2 rings (SSSR count). The molecule has 0 aromatic heterocycles. The molecule has 2 unspecified atom stereocenters. The second kappa shape index (κ2) is 2.97. The van der Waals surface area contributed by atoms with Crippen LogP contribution in [0.1, 0.15) is 25.7 Å². The topological polar surface area (TPSA) is 3.24 Å². The normalized spacial score (nSPS) is 41.7. The quantitative estimate of drug-likeness (QED) is 0.470. The number of halogens is 1.